The number of hydrogen-bond acceptors (Lipinski definition) is 2. The van der Waals surface area contributed by atoms with Crippen LogP contribution in [0.2, 0.25) is 0 Å². The monoisotopic (exact) mass is 519 g/mol. The van der Waals surface area contributed by atoms with Crippen LogP contribution in [-0.4, -0.2) is 0 Å². The minimum absolute atomic E-state index is 1.08. The van der Waals surface area contributed by atoms with Crippen LogP contribution in [0.4, 0.5) is 17.1 Å². The molecule has 0 spiro atoms. The summed E-state index contributed by atoms with van der Waals surface area (Å²) in [5.41, 5.74) is 7.19. The van der Waals surface area contributed by atoms with Gasteiger partial charge in [0, 0.05) is 41.7 Å². The van der Waals surface area contributed by atoms with Gasteiger partial charge < -0.3 is 4.90 Å². The average Bonchev–Trinajstić information content (AvgIpc) is 3.26. The van der Waals surface area contributed by atoms with E-state index in [1.807, 2.05) is 11.3 Å². The largest absolute Gasteiger partial charge is 0.311 e. The van der Waals surface area contributed by atoms with Crippen LogP contribution in [0.5, 0.6) is 0 Å². The maximum absolute atomic E-state index is 3.57. The molecule has 3 heteroatoms. The van der Waals surface area contributed by atoms with Crippen molar-refractivity contribution in [2.24, 2.45) is 0 Å². The van der Waals surface area contributed by atoms with E-state index < -0.39 is 0 Å². The Bertz CT molecular complexity index is 1550. The number of thiophene rings is 1. The lowest BCUT2D eigenvalue weighted by molar-refractivity contribution is 1.27. The van der Waals surface area contributed by atoms with Crippen LogP contribution in [0.3, 0.4) is 0 Å². The molecule has 0 unspecified atom stereocenters. The van der Waals surface area contributed by atoms with Gasteiger partial charge in [0.05, 0.1) is 0 Å². The molecule has 0 saturated carbocycles. The molecule has 1 aromatic heterocycles. The Morgan fingerprint density at radius 2 is 1.18 bits per heavy atom. The van der Waals surface area contributed by atoms with Gasteiger partial charge in [-0.15, -0.1) is 11.3 Å². The van der Waals surface area contributed by atoms with Crippen LogP contribution in [0.1, 0.15) is 5.56 Å². The Labute approximate surface area is 212 Å². The van der Waals surface area contributed by atoms with Crippen molar-refractivity contribution < 1.29 is 0 Å². The van der Waals surface area contributed by atoms with Crippen molar-refractivity contribution in [1.82, 2.24) is 0 Å². The van der Waals surface area contributed by atoms with Gasteiger partial charge in [0.15, 0.2) is 0 Å². The minimum Gasteiger partial charge on any atom is -0.311 e. The molecule has 0 saturated heterocycles. The number of benzene rings is 5. The summed E-state index contributed by atoms with van der Waals surface area (Å²) in [6.07, 6.45) is 0. The number of aryl methyl sites for hydroxylation is 1. The van der Waals surface area contributed by atoms with Gasteiger partial charge in [-0.25, -0.2) is 0 Å². The Hall–Kier alpha value is -3.40. The molecule has 0 aliphatic heterocycles. The summed E-state index contributed by atoms with van der Waals surface area (Å²) >= 11 is 5.44. The molecule has 0 aliphatic carbocycles. The average molecular weight is 520 g/mol. The van der Waals surface area contributed by atoms with E-state index in [1.165, 1.54) is 36.9 Å². The molecule has 5 aromatic carbocycles. The summed E-state index contributed by atoms with van der Waals surface area (Å²) < 4.78 is 3.76. The number of fused-ring (bicyclic) bond motifs is 3. The number of halogens is 1. The molecule has 34 heavy (non-hydrogen) atoms. The Morgan fingerprint density at radius 3 is 1.88 bits per heavy atom. The third-order valence-corrected chi connectivity index (χ3v) is 7.97. The minimum atomic E-state index is 1.08. The van der Waals surface area contributed by atoms with E-state index in [0.29, 0.717) is 0 Å². The predicted octanol–water partition coefficient (Wildman–Crippen LogP) is 10.3. The summed E-state index contributed by atoms with van der Waals surface area (Å²) in [6, 6.07) is 41.4. The first kappa shape index (κ1) is 21.2. The predicted molar refractivity (Wildman–Crippen MR) is 152 cm³/mol. The first-order chi connectivity index (χ1) is 16.7. The number of nitrogens with zero attached hydrogens (tertiary/aromatic N) is 1. The summed E-state index contributed by atoms with van der Waals surface area (Å²) in [5.74, 6) is 0. The van der Waals surface area contributed by atoms with Crippen LogP contribution in [0.15, 0.2) is 120 Å². The highest BCUT2D eigenvalue weighted by molar-refractivity contribution is 9.10. The first-order valence-electron chi connectivity index (χ1n) is 11.3. The number of hydrogen-bond donors (Lipinski definition) is 0. The lowest BCUT2D eigenvalue weighted by atomic mass is 10.0. The van der Waals surface area contributed by atoms with Gasteiger partial charge in [-0.2, -0.15) is 0 Å². The fraction of sp³-hybridized carbons (Fsp3) is 0.0323. The van der Waals surface area contributed by atoms with Crippen molar-refractivity contribution in [3.63, 3.8) is 0 Å². The van der Waals surface area contributed by atoms with Gasteiger partial charge in [0.2, 0.25) is 0 Å². The van der Waals surface area contributed by atoms with Crippen molar-refractivity contribution in [1.29, 1.82) is 0 Å². The first-order valence-corrected chi connectivity index (χ1v) is 12.9. The highest BCUT2D eigenvalue weighted by Crippen LogP contribution is 2.41. The summed E-state index contributed by atoms with van der Waals surface area (Å²) in [7, 11) is 0. The van der Waals surface area contributed by atoms with Crippen LogP contribution in [0.25, 0.3) is 31.3 Å². The van der Waals surface area contributed by atoms with Gasteiger partial charge in [0.1, 0.15) is 0 Å². The molecule has 0 fully saturated rings. The lowest BCUT2D eigenvalue weighted by Crippen LogP contribution is -2.09. The maximum atomic E-state index is 3.57. The maximum Gasteiger partial charge on any atom is 0.0462 e. The Balaban J connectivity index is 1.45. The second-order valence-corrected chi connectivity index (χ2v) is 10.4. The smallest absolute Gasteiger partial charge is 0.0462 e. The molecular weight excluding hydrogens is 498 g/mol. The van der Waals surface area contributed by atoms with Crippen molar-refractivity contribution in [3.8, 4) is 11.1 Å². The van der Waals surface area contributed by atoms with Crippen LogP contribution < -0.4 is 4.90 Å². The fourth-order valence-electron chi connectivity index (χ4n) is 4.50. The Kier molecular flexibility index (Phi) is 5.44. The normalized spacial score (nSPS) is 11.2. The standard InChI is InChI=1S/C31H22BrNS/c1-21-9-15-24(16-10-21)33(26-19-13-23(32)14-20-26)25-17-11-22(12-18-25)27-6-4-7-29-28-5-2-3-8-30(28)34-31(27)29/h2-20H,1H3. The molecule has 0 aliphatic rings. The van der Waals surface area contributed by atoms with Gasteiger partial charge >= 0.3 is 0 Å². The number of anilines is 3. The molecule has 164 valence electrons. The molecule has 6 aromatic rings. The van der Waals surface area contributed by atoms with E-state index >= 15 is 0 Å². The van der Waals surface area contributed by atoms with E-state index in [1.54, 1.807) is 0 Å². The zero-order valence-electron chi connectivity index (χ0n) is 18.7. The van der Waals surface area contributed by atoms with Crippen LogP contribution >= 0.6 is 27.3 Å². The fourth-order valence-corrected chi connectivity index (χ4v) is 6.00. The van der Waals surface area contributed by atoms with Gasteiger partial charge in [-0.3, -0.25) is 0 Å². The molecule has 1 nitrogen and oxygen atoms in total. The third-order valence-electron chi connectivity index (χ3n) is 6.22. The van der Waals surface area contributed by atoms with Crippen molar-refractivity contribution in [3.05, 3.63) is 125 Å². The van der Waals surface area contributed by atoms with Crippen molar-refractivity contribution in [2.75, 3.05) is 4.90 Å². The molecule has 1 heterocycles. The lowest BCUT2D eigenvalue weighted by Gasteiger charge is -2.26. The molecule has 0 bridgehead atoms. The zero-order chi connectivity index (χ0) is 23.1. The quantitative estimate of drug-likeness (QED) is 0.224. The van der Waals surface area contributed by atoms with Crippen molar-refractivity contribution >= 4 is 64.5 Å². The van der Waals surface area contributed by atoms with Gasteiger partial charge in [-0.1, -0.05) is 82.2 Å². The number of rotatable bonds is 4. The molecule has 0 N–H and O–H groups in total. The summed E-state index contributed by atoms with van der Waals surface area (Å²) in [6.45, 7) is 2.12. The zero-order valence-corrected chi connectivity index (χ0v) is 21.1. The highest BCUT2D eigenvalue weighted by atomic mass is 79.9. The van der Waals surface area contributed by atoms with E-state index in [4.69, 9.17) is 0 Å². The van der Waals surface area contributed by atoms with E-state index in [2.05, 4.69) is 143 Å². The second kappa shape index (κ2) is 8.75. The molecule has 0 radical (unpaired) electrons. The van der Waals surface area contributed by atoms with Gasteiger partial charge in [0.25, 0.3) is 0 Å². The topological polar surface area (TPSA) is 3.24 Å². The van der Waals surface area contributed by atoms with Crippen LogP contribution in [-0.2, 0) is 0 Å². The second-order valence-electron chi connectivity index (χ2n) is 8.47. The van der Waals surface area contributed by atoms with Crippen LogP contribution in [0, 0.1) is 6.92 Å². The molecule has 0 atom stereocenters. The van der Waals surface area contributed by atoms with E-state index in [9.17, 15) is 0 Å². The summed E-state index contributed by atoms with van der Waals surface area (Å²) in [5, 5.41) is 2.67. The third kappa shape index (κ3) is 3.81. The molecular formula is C31H22BrNS. The van der Waals surface area contributed by atoms with E-state index in [-0.39, 0.29) is 0 Å². The highest BCUT2D eigenvalue weighted by Gasteiger charge is 2.14. The van der Waals surface area contributed by atoms with E-state index in [0.717, 1.165) is 21.5 Å². The van der Waals surface area contributed by atoms with Gasteiger partial charge in [-0.05, 0) is 72.6 Å². The Morgan fingerprint density at radius 1 is 0.588 bits per heavy atom. The molecule has 0 amide bonds. The molecule has 6 rings (SSSR count). The van der Waals surface area contributed by atoms with Crippen molar-refractivity contribution in [2.45, 2.75) is 6.92 Å². The summed E-state index contributed by atoms with van der Waals surface area (Å²) in [4.78, 5) is 2.30. The SMILES string of the molecule is Cc1ccc(N(c2ccc(Br)cc2)c2ccc(-c3cccc4c3sc3ccccc34)cc2)cc1.